The van der Waals surface area contributed by atoms with Gasteiger partial charge in [-0.15, -0.1) is 0 Å². The molecule has 2 nitrogen and oxygen atoms in total. The van der Waals surface area contributed by atoms with Crippen molar-refractivity contribution in [2.75, 3.05) is 0 Å². The Labute approximate surface area is 115 Å². The first kappa shape index (κ1) is 14.7. The summed E-state index contributed by atoms with van der Waals surface area (Å²) < 4.78 is 0. The Balaban J connectivity index is 0.00000196. The number of Topliss-reactive ketones (excluding diaryl/α,β-unsaturated/α-hetero) is 1. The van der Waals surface area contributed by atoms with Crippen molar-refractivity contribution >= 4 is 12.1 Å². The summed E-state index contributed by atoms with van der Waals surface area (Å²) >= 11 is 0. The molecule has 0 saturated heterocycles. The Morgan fingerprint density at radius 2 is 2.13 bits per heavy atom. The fourth-order valence-corrected chi connectivity index (χ4v) is 1.34. The molecule has 77 valence electrons. The van der Waals surface area contributed by atoms with Crippen LogP contribution in [0, 0.1) is 12.8 Å². The molecule has 0 spiro atoms. The quantitative estimate of drug-likeness (QED) is 0.622. The van der Waals surface area contributed by atoms with Crippen LogP contribution in [0.3, 0.4) is 0 Å². The van der Waals surface area contributed by atoms with E-state index in [1.54, 1.807) is 6.29 Å². The van der Waals surface area contributed by atoms with Crippen LogP contribution in [0.1, 0.15) is 18.1 Å². The molecule has 0 aliphatic rings. The summed E-state index contributed by atoms with van der Waals surface area (Å²) in [6.07, 6.45) is 2.23. The number of ketones is 1. The molecule has 0 N–H and O–H groups in total. The van der Waals surface area contributed by atoms with E-state index in [2.05, 4.69) is 0 Å². The van der Waals surface area contributed by atoms with Crippen LogP contribution in [0.4, 0.5) is 0 Å². The molecule has 1 rings (SSSR count). The van der Waals surface area contributed by atoms with Gasteiger partial charge in [0, 0.05) is 32.7 Å². The first-order valence-corrected chi connectivity index (χ1v) is 4.57. The summed E-state index contributed by atoms with van der Waals surface area (Å²) in [5.74, 6) is -0.738. The third-order valence-corrected chi connectivity index (χ3v) is 2.16. The van der Waals surface area contributed by atoms with Crippen LogP contribution in [0.15, 0.2) is 24.3 Å². The van der Waals surface area contributed by atoms with E-state index >= 15 is 0 Å². The summed E-state index contributed by atoms with van der Waals surface area (Å²) in [4.78, 5) is 21.5. The number of hydrogen-bond donors (Lipinski definition) is 0. The molecule has 1 unspecified atom stereocenters. The largest absolute Gasteiger partial charge is 0.541 e. The monoisotopic (exact) mass is 278 g/mol. The Bertz CT molecular complexity index is 347. The van der Waals surface area contributed by atoms with Crippen molar-refractivity contribution in [3.05, 3.63) is 35.4 Å². The van der Waals surface area contributed by atoms with Crippen LogP contribution in [0.2, 0.25) is 0 Å². The van der Waals surface area contributed by atoms with E-state index in [1.807, 2.05) is 31.2 Å². The molecule has 3 heteroatoms. The molecule has 1 aromatic rings. The summed E-state index contributed by atoms with van der Waals surface area (Å²) in [7, 11) is 0. The molecule has 0 aromatic heterocycles. The number of aryl methyl sites for hydroxylation is 1. The fourth-order valence-electron chi connectivity index (χ4n) is 1.34. The van der Waals surface area contributed by atoms with E-state index in [9.17, 15) is 9.59 Å². The maximum atomic E-state index is 11.0. The van der Waals surface area contributed by atoms with Gasteiger partial charge in [0.2, 0.25) is 0 Å². The average Bonchev–Trinajstić information content (AvgIpc) is 2.14. The number of carbonyl (C=O) groups is 1. The van der Waals surface area contributed by atoms with Crippen LogP contribution in [-0.4, -0.2) is 12.1 Å². The Kier molecular flexibility index (Phi) is 6.87. The summed E-state index contributed by atoms with van der Waals surface area (Å²) in [5.41, 5.74) is 2.14. The summed E-state index contributed by atoms with van der Waals surface area (Å²) in [6, 6.07) is 7.80. The second-order valence-corrected chi connectivity index (χ2v) is 3.47. The van der Waals surface area contributed by atoms with Gasteiger partial charge in [0.25, 0.3) is 0 Å². The third kappa shape index (κ3) is 4.81. The number of benzene rings is 1. The molecule has 1 radical (unpaired) electrons. The standard InChI is InChI=1S/C12H13O2.Y/c1-9-4-3-5-11(6-9)7-12(8-13)10(2)14;/h3-6,12H,7H2,1-2H3;/q-1;. The second-order valence-electron chi connectivity index (χ2n) is 3.47. The molecule has 15 heavy (non-hydrogen) atoms. The summed E-state index contributed by atoms with van der Waals surface area (Å²) in [5, 5.41) is 0. The molecule has 1 atom stereocenters. The molecular weight excluding hydrogens is 265 g/mol. The van der Waals surface area contributed by atoms with Crippen molar-refractivity contribution in [3.63, 3.8) is 0 Å². The van der Waals surface area contributed by atoms with Crippen molar-refractivity contribution < 1.29 is 42.3 Å². The van der Waals surface area contributed by atoms with Crippen molar-refractivity contribution in [2.45, 2.75) is 20.3 Å². The van der Waals surface area contributed by atoms with Gasteiger partial charge >= 0.3 is 0 Å². The zero-order valence-corrected chi connectivity index (χ0v) is 11.8. The first-order chi connectivity index (χ1) is 6.63. The van der Waals surface area contributed by atoms with E-state index in [4.69, 9.17) is 0 Å². The van der Waals surface area contributed by atoms with Gasteiger partial charge in [-0.25, -0.2) is 0 Å². The molecule has 0 bridgehead atoms. The van der Waals surface area contributed by atoms with E-state index in [1.165, 1.54) is 6.92 Å². The van der Waals surface area contributed by atoms with E-state index in [-0.39, 0.29) is 38.5 Å². The molecule has 0 heterocycles. The maximum Gasteiger partial charge on any atom is 0.107 e. The number of carbonyl (C=O) groups excluding carboxylic acids is 2. The SMILES string of the molecule is CC(=O)C([C-]=O)Cc1cccc(C)c1.[Y]. The normalized spacial score (nSPS) is 11.3. The van der Waals surface area contributed by atoms with E-state index < -0.39 is 5.92 Å². The minimum atomic E-state index is -0.614. The van der Waals surface area contributed by atoms with E-state index in [0.29, 0.717) is 6.42 Å². The molecule has 0 aliphatic heterocycles. The number of hydrogen-bond acceptors (Lipinski definition) is 2. The zero-order chi connectivity index (χ0) is 10.6. The van der Waals surface area contributed by atoms with Crippen LogP contribution in [0.5, 0.6) is 0 Å². The van der Waals surface area contributed by atoms with Crippen LogP contribution in [0.25, 0.3) is 0 Å². The minimum Gasteiger partial charge on any atom is -0.541 e. The Morgan fingerprint density at radius 1 is 1.47 bits per heavy atom. The molecular formula is C12H13O2Y-. The molecule has 0 saturated carbocycles. The topological polar surface area (TPSA) is 34.1 Å². The Morgan fingerprint density at radius 3 is 2.60 bits per heavy atom. The van der Waals surface area contributed by atoms with Crippen molar-refractivity contribution in [1.82, 2.24) is 0 Å². The van der Waals surface area contributed by atoms with Gasteiger partial charge in [0.15, 0.2) is 0 Å². The van der Waals surface area contributed by atoms with Crippen LogP contribution in [-0.2, 0) is 48.7 Å². The average molecular weight is 278 g/mol. The van der Waals surface area contributed by atoms with Gasteiger partial charge in [-0.05, 0) is 25.8 Å². The van der Waals surface area contributed by atoms with Gasteiger partial charge in [-0.1, -0.05) is 35.7 Å². The van der Waals surface area contributed by atoms with Gasteiger partial charge in [0.1, 0.15) is 5.78 Å². The predicted molar refractivity (Wildman–Crippen MR) is 54.7 cm³/mol. The van der Waals surface area contributed by atoms with Crippen LogP contribution < -0.4 is 0 Å². The molecule has 0 aliphatic carbocycles. The fraction of sp³-hybridized carbons (Fsp3) is 0.333. The summed E-state index contributed by atoms with van der Waals surface area (Å²) in [6.45, 7) is 3.41. The number of rotatable bonds is 4. The third-order valence-electron chi connectivity index (χ3n) is 2.16. The van der Waals surface area contributed by atoms with Gasteiger partial charge < -0.3 is 9.59 Å². The molecule has 0 amide bonds. The van der Waals surface area contributed by atoms with Gasteiger partial charge in [-0.2, -0.15) is 0 Å². The maximum absolute atomic E-state index is 11.0. The predicted octanol–water partition coefficient (Wildman–Crippen LogP) is 1.85. The Hall–Kier alpha value is -0.336. The minimum absolute atomic E-state index is 0. The van der Waals surface area contributed by atoms with Gasteiger partial charge in [-0.3, -0.25) is 6.29 Å². The second kappa shape index (κ2) is 7.02. The molecule has 0 fully saturated rings. The van der Waals surface area contributed by atoms with Crippen LogP contribution >= 0.6 is 0 Å². The van der Waals surface area contributed by atoms with Crippen molar-refractivity contribution in [1.29, 1.82) is 0 Å². The van der Waals surface area contributed by atoms with Gasteiger partial charge in [0.05, 0.1) is 0 Å². The van der Waals surface area contributed by atoms with Crippen molar-refractivity contribution in [2.24, 2.45) is 5.92 Å². The first-order valence-electron chi connectivity index (χ1n) is 4.57. The van der Waals surface area contributed by atoms with Crippen molar-refractivity contribution in [3.8, 4) is 0 Å². The smallest absolute Gasteiger partial charge is 0.107 e. The molecule has 1 aromatic carbocycles. The van der Waals surface area contributed by atoms with E-state index in [0.717, 1.165) is 11.1 Å². The zero-order valence-electron chi connectivity index (χ0n) is 8.99.